The maximum Gasteiger partial charge on any atom is 0.310 e. The van der Waals surface area contributed by atoms with Gasteiger partial charge in [-0.05, 0) is 11.6 Å². The summed E-state index contributed by atoms with van der Waals surface area (Å²) < 4.78 is 10.2. The van der Waals surface area contributed by atoms with Gasteiger partial charge in [0, 0.05) is 26.3 Å². The maximum atomic E-state index is 10.9. The number of hydrogen-bond acceptors (Lipinski definition) is 6. The molecule has 0 aliphatic heterocycles. The van der Waals surface area contributed by atoms with Crippen LogP contribution in [0.5, 0.6) is 5.75 Å². The van der Waals surface area contributed by atoms with Crippen molar-refractivity contribution in [1.82, 2.24) is 5.32 Å². The van der Waals surface area contributed by atoms with Crippen LogP contribution >= 0.6 is 0 Å². The molecule has 0 aliphatic rings. The molecule has 1 aromatic carbocycles. The van der Waals surface area contributed by atoms with Gasteiger partial charge in [0.05, 0.1) is 24.6 Å². The highest BCUT2D eigenvalue weighted by Gasteiger charge is 2.15. The fraction of sp³-hybridized carbons (Fsp3) is 0.462. The van der Waals surface area contributed by atoms with Gasteiger partial charge in [0.25, 0.3) is 0 Å². The minimum Gasteiger partial charge on any atom is -0.486 e. The molecule has 0 bridgehead atoms. The Bertz CT molecular complexity index is 493. The zero-order chi connectivity index (χ0) is 15.7. The van der Waals surface area contributed by atoms with E-state index in [1.807, 2.05) is 0 Å². The highest BCUT2D eigenvalue weighted by molar-refractivity contribution is 5.73. The number of nitrogens with one attached hydrogen (secondary N) is 1. The van der Waals surface area contributed by atoms with Crippen LogP contribution in [0.4, 0.5) is 5.69 Å². The number of ether oxygens (including phenoxy) is 2. The number of nitro groups is 1. The minimum atomic E-state index is -0.526. The van der Waals surface area contributed by atoms with Crippen molar-refractivity contribution in [3.05, 3.63) is 33.9 Å². The van der Waals surface area contributed by atoms with Crippen LogP contribution in [0.1, 0.15) is 12.0 Å². The van der Waals surface area contributed by atoms with Crippen molar-refractivity contribution in [2.75, 3.05) is 26.9 Å². The van der Waals surface area contributed by atoms with E-state index < -0.39 is 10.8 Å². The molecule has 3 N–H and O–H groups in total. The third-order valence-electron chi connectivity index (χ3n) is 2.64. The van der Waals surface area contributed by atoms with Crippen LogP contribution in [-0.4, -0.2) is 37.7 Å². The molecule has 116 valence electrons. The van der Waals surface area contributed by atoms with E-state index in [9.17, 15) is 14.9 Å². The van der Waals surface area contributed by atoms with Gasteiger partial charge in [-0.25, -0.2) is 0 Å². The molecular formula is C13H19N3O5. The van der Waals surface area contributed by atoms with Gasteiger partial charge in [0.2, 0.25) is 5.91 Å². The predicted octanol–water partition coefficient (Wildman–Crippen LogP) is 0.585. The van der Waals surface area contributed by atoms with Crippen LogP contribution in [0.2, 0.25) is 0 Å². The van der Waals surface area contributed by atoms with Crippen molar-refractivity contribution < 1.29 is 19.2 Å². The Kier molecular flexibility index (Phi) is 7.13. The molecule has 0 spiro atoms. The van der Waals surface area contributed by atoms with Gasteiger partial charge in [-0.1, -0.05) is 6.07 Å². The molecule has 0 aromatic heterocycles. The maximum absolute atomic E-state index is 10.9. The summed E-state index contributed by atoms with van der Waals surface area (Å²) in [7, 11) is 1.61. The van der Waals surface area contributed by atoms with E-state index in [2.05, 4.69) is 5.32 Å². The molecule has 21 heavy (non-hydrogen) atoms. The highest BCUT2D eigenvalue weighted by Crippen LogP contribution is 2.28. The molecule has 1 aromatic rings. The van der Waals surface area contributed by atoms with Crippen molar-refractivity contribution in [1.29, 1.82) is 0 Å². The molecule has 0 atom stereocenters. The van der Waals surface area contributed by atoms with Crippen LogP contribution in [-0.2, 0) is 16.1 Å². The second kappa shape index (κ2) is 8.88. The molecule has 0 saturated heterocycles. The van der Waals surface area contributed by atoms with Crippen LogP contribution in [0.15, 0.2) is 18.2 Å². The van der Waals surface area contributed by atoms with E-state index in [1.165, 1.54) is 6.07 Å². The highest BCUT2D eigenvalue weighted by atomic mass is 16.6. The van der Waals surface area contributed by atoms with Crippen LogP contribution in [0.25, 0.3) is 0 Å². The average molecular weight is 297 g/mol. The summed E-state index contributed by atoms with van der Waals surface area (Å²) in [6, 6.07) is 4.62. The molecule has 0 saturated carbocycles. The van der Waals surface area contributed by atoms with E-state index in [-0.39, 0.29) is 24.5 Å². The quantitative estimate of drug-likeness (QED) is 0.371. The number of hydrogen-bond donors (Lipinski definition) is 2. The lowest BCUT2D eigenvalue weighted by atomic mass is 10.2. The number of methoxy groups -OCH3 is 1. The molecule has 8 heteroatoms. The normalized spacial score (nSPS) is 10.3. The first-order chi connectivity index (χ1) is 10.0. The van der Waals surface area contributed by atoms with Crippen molar-refractivity contribution in [3.8, 4) is 5.75 Å². The summed E-state index contributed by atoms with van der Waals surface area (Å²) in [5, 5.41) is 14.1. The fourth-order valence-electron chi connectivity index (χ4n) is 1.60. The van der Waals surface area contributed by atoms with Gasteiger partial charge in [-0.2, -0.15) is 0 Å². The molecule has 0 fully saturated rings. The number of nitro benzene ring substituents is 1. The van der Waals surface area contributed by atoms with E-state index >= 15 is 0 Å². The molecular weight excluding hydrogens is 278 g/mol. The third kappa shape index (κ3) is 6.19. The largest absolute Gasteiger partial charge is 0.486 e. The zero-order valence-corrected chi connectivity index (χ0v) is 11.8. The Hall–Kier alpha value is -2.19. The van der Waals surface area contributed by atoms with Gasteiger partial charge in [-0.15, -0.1) is 0 Å². The number of amides is 1. The Morgan fingerprint density at radius 2 is 2.19 bits per heavy atom. The van der Waals surface area contributed by atoms with Gasteiger partial charge in [0.1, 0.15) is 0 Å². The summed E-state index contributed by atoms with van der Waals surface area (Å²) in [5.41, 5.74) is 5.70. The topological polar surface area (TPSA) is 117 Å². The fourth-order valence-corrected chi connectivity index (χ4v) is 1.60. The van der Waals surface area contributed by atoms with Crippen LogP contribution in [0.3, 0.4) is 0 Å². The Balaban J connectivity index is 2.70. The summed E-state index contributed by atoms with van der Waals surface area (Å²) in [4.78, 5) is 21.1. The monoisotopic (exact) mass is 297 g/mol. The molecule has 0 aliphatic carbocycles. The predicted molar refractivity (Wildman–Crippen MR) is 76.0 cm³/mol. The van der Waals surface area contributed by atoms with E-state index in [1.54, 1.807) is 19.2 Å². The summed E-state index contributed by atoms with van der Waals surface area (Å²) in [6.45, 7) is 1.80. The van der Waals surface area contributed by atoms with Gasteiger partial charge >= 0.3 is 5.69 Å². The zero-order valence-electron chi connectivity index (χ0n) is 11.8. The minimum absolute atomic E-state index is 0.00741. The summed E-state index contributed by atoms with van der Waals surface area (Å²) >= 11 is 0. The number of nitrogens with zero attached hydrogens (tertiary/aromatic N) is 1. The van der Waals surface area contributed by atoms with Crippen molar-refractivity contribution in [2.45, 2.75) is 13.0 Å². The number of nitrogens with two attached hydrogens (primary N) is 1. The molecule has 0 radical (unpaired) electrons. The van der Waals surface area contributed by atoms with Gasteiger partial charge in [0.15, 0.2) is 5.75 Å². The van der Waals surface area contributed by atoms with Gasteiger partial charge < -0.3 is 20.5 Å². The van der Waals surface area contributed by atoms with Crippen molar-refractivity contribution in [3.63, 3.8) is 0 Å². The number of carbonyl (C=O) groups excluding carboxylic acids is 1. The number of carbonyl (C=O) groups is 1. The number of rotatable bonds is 10. The van der Waals surface area contributed by atoms with E-state index in [0.29, 0.717) is 19.7 Å². The van der Waals surface area contributed by atoms with E-state index in [4.69, 9.17) is 15.2 Å². The first-order valence-electron chi connectivity index (χ1n) is 6.42. The Morgan fingerprint density at radius 1 is 1.43 bits per heavy atom. The third-order valence-corrected chi connectivity index (χ3v) is 2.64. The van der Waals surface area contributed by atoms with Crippen LogP contribution in [0, 0.1) is 10.1 Å². The molecule has 0 heterocycles. The smallest absolute Gasteiger partial charge is 0.310 e. The molecule has 1 rings (SSSR count). The number of benzene rings is 1. The first-order valence-corrected chi connectivity index (χ1v) is 6.42. The second-order valence-corrected chi connectivity index (χ2v) is 4.29. The number of primary amides is 1. The Labute approximate surface area is 122 Å². The molecule has 1 amide bonds. The summed E-state index contributed by atoms with van der Waals surface area (Å²) in [6.07, 6.45) is 0.00741. The summed E-state index contributed by atoms with van der Waals surface area (Å²) in [5.74, 6) is -0.387. The van der Waals surface area contributed by atoms with Crippen molar-refractivity contribution >= 4 is 11.6 Å². The first kappa shape index (κ1) is 16.9. The van der Waals surface area contributed by atoms with Crippen molar-refractivity contribution in [2.24, 2.45) is 5.73 Å². The SMILES string of the molecule is COCCNCc1ccc([N+](=O)[O-])c(OCCC(N)=O)c1. The lowest BCUT2D eigenvalue weighted by Crippen LogP contribution is -2.18. The Morgan fingerprint density at radius 3 is 2.81 bits per heavy atom. The lowest BCUT2D eigenvalue weighted by molar-refractivity contribution is -0.385. The lowest BCUT2D eigenvalue weighted by Gasteiger charge is -2.09. The molecule has 0 unspecified atom stereocenters. The van der Waals surface area contributed by atoms with E-state index in [0.717, 1.165) is 5.56 Å². The van der Waals surface area contributed by atoms with Gasteiger partial charge in [-0.3, -0.25) is 14.9 Å². The molecule has 8 nitrogen and oxygen atoms in total. The average Bonchev–Trinajstić information content (AvgIpc) is 2.43. The standard InChI is InChI=1S/C13H19N3O5/c1-20-7-5-15-9-10-2-3-11(16(18)19)12(8-10)21-6-4-13(14)17/h2-3,8,15H,4-7,9H2,1H3,(H2,14,17). The van der Waals surface area contributed by atoms with Crippen LogP contribution < -0.4 is 15.8 Å². The second-order valence-electron chi connectivity index (χ2n) is 4.29.